The van der Waals surface area contributed by atoms with Gasteiger partial charge in [0.2, 0.25) is 11.7 Å². The summed E-state index contributed by atoms with van der Waals surface area (Å²) in [5.74, 6) is -1.54. The lowest BCUT2D eigenvalue weighted by Gasteiger charge is -2.18. The Kier molecular flexibility index (Phi) is 5.03. The minimum atomic E-state index is -4.66. The van der Waals surface area contributed by atoms with E-state index in [2.05, 4.69) is 10.1 Å². The number of amides is 1. The molecule has 0 N–H and O–H groups in total. The molecule has 0 radical (unpaired) electrons. The van der Waals surface area contributed by atoms with Gasteiger partial charge in [-0.2, -0.15) is 18.3 Å². The SMILES string of the molecule is CN(Cc1cnn(-c2ccccc2)c1)C(=O)Cn1c(C(F)(F)F)nc2ccccc21. The molecule has 0 unspecified atom stereocenters. The van der Waals surface area contributed by atoms with Gasteiger partial charge in [-0.1, -0.05) is 30.3 Å². The van der Waals surface area contributed by atoms with Crippen molar-refractivity contribution in [1.82, 2.24) is 24.2 Å². The molecular formula is C21H18F3N5O. The Morgan fingerprint density at radius 1 is 1.07 bits per heavy atom. The number of carbonyl (C=O) groups is 1. The van der Waals surface area contributed by atoms with E-state index in [1.165, 1.54) is 17.0 Å². The van der Waals surface area contributed by atoms with Gasteiger partial charge in [0.1, 0.15) is 6.54 Å². The number of fused-ring (bicyclic) bond motifs is 1. The zero-order valence-electron chi connectivity index (χ0n) is 16.0. The van der Waals surface area contributed by atoms with Crippen molar-refractivity contribution in [1.29, 1.82) is 0 Å². The highest BCUT2D eigenvalue weighted by molar-refractivity contribution is 5.81. The first kappa shape index (κ1) is 19.7. The molecule has 6 nitrogen and oxygen atoms in total. The summed E-state index contributed by atoms with van der Waals surface area (Å²) in [6.45, 7) is -0.238. The summed E-state index contributed by atoms with van der Waals surface area (Å²) in [6.07, 6.45) is -1.24. The lowest BCUT2D eigenvalue weighted by molar-refractivity contribution is -0.148. The van der Waals surface area contributed by atoms with E-state index in [9.17, 15) is 18.0 Å². The van der Waals surface area contributed by atoms with Crippen molar-refractivity contribution in [2.24, 2.45) is 0 Å². The maximum atomic E-state index is 13.4. The van der Waals surface area contributed by atoms with Gasteiger partial charge in [0.25, 0.3) is 0 Å². The van der Waals surface area contributed by atoms with E-state index in [0.29, 0.717) is 0 Å². The Bertz CT molecular complexity index is 1180. The van der Waals surface area contributed by atoms with E-state index in [1.807, 2.05) is 30.3 Å². The Morgan fingerprint density at radius 2 is 1.77 bits per heavy atom. The van der Waals surface area contributed by atoms with Crippen LogP contribution in [0.15, 0.2) is 67.0 Å². The van der Waals surface area contributed by atoms with E-state index >= 15 is 0 Å². The molecule has 2 aromatic carbocycles. The number of carbonyl (C=O) groups excluding carboxylic acids is 1. The van der Waals surface area contributed by atoms with Crippen LogP contribution >= 0.6 is 0 Å². The van der Waals surface area contributed by atoms with Crippen LogP contribution in [0.2, 0.25) is 0 Å². The van der Waals surface area contributed by atoms with Crippen LogP contribution in [0.3, 0.4) is 0 Å². The van der Waals surface area contributed by atoms with Gasteiger partial charge in [-0.3, -0.25) is 4.79 Å². The molecule has 30 heavy (non-hydrogen) atoms. The molecule has 4 aromatic rings. The summed E-state index contributed by atoms with van der Waals surface area (Å²) in [4.78, 5) is 17.7. The number of benzene rings is 2. The van der Waals surface area contributed by atoms with Crippen LogP contribution in [0.5, 0.6) is 0 Å². The van der Waals surface area contributed by atoms with Crippen LogP contribution in [0.4, 0.5) is 13.2 Å². The second-order valence-electron chi connectivity index (χ2n) is 6.89. The fraction of sp³-hybridized carbons (Fsp3) is 0.190. The van der Waals surface area contributed by atoms with Crippen molar-refractivity contribution in [2.45, 2.75) is 19.3 Å². The third kappa shape index (κ3) is 3.91. The van der Waals surface area contributed by atoms with Crippen molar-refractivity contribution in [2.75, 3.05) is 7.05 Å². The topological polar surface area (TPSA) is 56.0 Å². The highest BCUT2D eigenvalue weighted by Gasteiger charge is 2.38. The number of imidazole rings is 1. The van der Waals surface area contributed by atoms with Crippen LogP contribution in [0, 0.1) is 0 Å². The van der Waals surface area contributed by atoms with Gasteiger partial charge in [-0.05, 0) is 24.3 Å². The molecular weight excluding hydrogens is 395 g/mol. The molecule has 1 amide bonds. The van der Waals surface area contributed by atoms with E-state index in [1.54, 1.807) is 36.3 Å². The molecule has 0 aliphatic rings. The van der Waals surface area contributed by atoms with Crippen molar-refractivity contribution < 1.29 is 18.0 Å². The standard InChI is InChI=1S/C21H18F3N5O/c1-27(12-15-11-25-29(13-15)16-7-3-2-4-8-16)19(30)14-28-18-10-6-5-9-17(18)26-20(28)21(22,23)24/h2-11,13H,12,14H2,1H3. The average molecular weight is 413 g/mol. The predicted octanol–water partition coefficient (Wildman–Crippen LogP) is 3.90. The molecule has 9 heteroatoms. The molecule has 0 saturated heterocycles. The highest BCUT2D eigenvalue weighted by Crippen LogP contribution is 2.31. The summed E-state index contributed by atoms with van der Waals surface area (Å²) in [6, 6.07) is 15.7. The minimum absolute atomic E-state index is 0.199. The van der Waals surface area contributed by atoms with E-state index in [0.717, 1.165) is 15.8 Å². The number of rotatable bonds is 5. The molecule has 154 valence electrons. The van der Waals surface area contributed by atoms with Crippen molar-refractivity contribution in [3.63, 3.8) is 0 Å². The first-order valence-corrected chi connectivity index (χ1v) is 9.18. The number of para-hydroxylation sites is 3. The molecule has 4 rings (SSSR count). The zero-order chi connectivity index (χ0) is 21.3. The van der Waals surface area contributed by atoms with Gasteiger partial charge >= 0.3 is 6.18 Å². The summed E-state index contributed by atoms with van der Waals surface area (Å²) < 4.78 is 42.9. The first-order valence-electron chi connectivity index (χ1n) is 9.18. The number of nitrogens with zero attached hydrogens (tertiary/aromatic N) is 5. The lowest BCUT2D eigenvalue weighted by Crippen LogP contribution is -2.31. The van der Waals surface area contributed by atoms with E-state index in [4.69, 9.17) is 0 Å². The van der Waals surface area contributed by atoms with Crippen molar-refractivity contribution >= 4 is 16.9 Å². The zero-order valence-corrected chi connectivity index (χ0v) is 16.0. The van der Waals surface area contributed by atoms with Crippen molar-refractivity contribution in [3.8, 4) is 5.69 Å². The fourth-order valence-corrected chi connectivity index (χ4v) is 3.23. The highest BCUT2D eigenvalue weighted by atomic mass is 19.4. The predicted molar refractivity (Wildman–Crippen MR) is 105 cm³/mol. The van der Waals surface area contributed by atoms with Gasteiger partial charge in [0.05, 0.1) is 22.9 Å². The largest absolute Gasteiger partial charge is 0.449 e. The number of aromatic nitrogens is 4. The summed E-state index contributed by atoms with van der Waals surface area (Å²) in [5, 5.41) is 4.28. The number of alkyl halides is 3. The van der Waals surface area contributed by atoms with Crippen LogP contribution in [0.1, 0.15) is 11.4 Å². The lowest BCUT2D eigenvalue weighted by atomic mass is 10.3. The molecule has 0 fully saturated rings. The van der Waals surface area contributed by atoms with Crippen LogP contribution < -0.4 is 0 Å². The smallest absolute Gasteiger partial charge is 0.340 e. The van der Waals surface area contributed by atoms with Gasteiger partial charge in [0, 0.05) is 25.4 Å². The van der Waals surface area contributed by atoms with Crippen LogP contribution in [0.25, 0.3) is 16.7 Å². The molecule has 0 aliphatic carbocycles. The number of hydrogen-bond donors (Lipinski definition) is 0. The summed E-state index contributed by atoms with van der Waals surface area (Å²) in [5.41, 5.74) is 2.10. The maximum absolute atomic E-state index is 13.4. The van der Waals surface area contributed by atoms with Gasteiger partial charge in [-0.15, -0.1) is 0 Å². The summed E-state index contributed by atoms with van der Waals surface area (Å²) in [7, 11) is 1.55. The Morgan fingerprint density at radius 3 is 2.50 bits per heavy atom. The van der Waals surface area contributed by atoms with E-state index < -0.39 is 24.5 Å². The van der Waals surface area contributed by atoms with Crippen LogP contribution in [-0.2, 0) is 24.1 Å². The number of halogens is 3. The van der Waals surface area contributed by atoms with Gasteiger partial charge in [-0.25, -0.2) is 9.67 Å². The van der Waals surface area contributed by atoms with Gasteiger partial charge < -0.3 is 9.47 Å². The number of likely N-dealkylation sites (N-methyl/N-ethyl adjacent to an activating group) is 1. The molecule has 2 heterocycles. The first-order chi connectivity index (χ1) is 14.3. The molecule has 0 spiro atoms. The van der Waals surface area contributed by atoms with E-state index in [-0.39, 0.29) is 17.6 Å². The average Bonchev–Trinajstić information content (AvgIpc) is 3.33. The maximum Gasteiger partial charge on any atom is 0.449 e. The Balaban J connectivity index is 1.53. The molecule has 2 aromatic heterocycles. The van der Waals surface area contributed by atoms with Crippen molar-refractivity contribution in [3.05, 3.63) is 78.4 Å². The quantitative estimate of drug-likeness (QED) is 0.499. The third-order valence-corrected chi connectivity index (χ3v) is 4.70. The van der Waals surface area contributed by atoms with Crippen LogP contribution in [-0.4, -0.2) is 37.2 Å². The number of hydrogen-bond acceptors (Lipinski definition) is 3. The second kappa shape index (κ2) is 7.66. The second-order valence-corrected chi connectivity index (χ2v) is 6.89. The molecule has 0 atom stereocenters. The Labute approximate surface area is 170 Å². The molecule has 0 bridgehead atoms. The van der Waals surface area contributed by atoms with Gasteiger partial charge in [0.15, 0.2) is 0 Å². The monoisotopic (exact) mass is 413 g/mol. The minimum Gasteiger partial charge on any atom is -0.340 e. The molecule has 0 saturated carbocycles. The normalized spacial score (nSPS) is 11.7. The Hall–Kier alpha value is -3.62. The molecule has 0 aliphatic heterocycles. The fourth-order valence-electron chi connectivity index (χ4n) is 3.23. The summed E-state index contributed by atoms with van der Waals surface area (Å²) >= 11 is 0. The third-order valence-electron chi connectivity index (χ3n) is 4.70.